The molecule has 3 N–H and O–H groups in total. The van der Waals surface area contributed by atoms with E-state index in [1.165, 1.54) is 0 Å². The van der Waals surface area contributed by atoms with Crippen molar-refractivity contribution in [3.8, 4) is 0 Å². The fraction of sp³-hybridized carbons (Fsp3) is 0.727. The minimum Gasteiger partial charge on any atom is -0.338 e. The van der Waals surface area contributed by atoms with Gasteiger partial charge in [-0.25, -0.2) is 4.98 Å². The van der Waals surface area contributed by atoms with Crippen LogP contribution in [0.1, 0.15) is 19.7 Å². The standard InChI is InChI=1S/C11H23N5/c1-11(2,15(3)4)9(14-12)8-10-13-6-7-16(10)5/h6-7,9,14H,8,12H2,1-5H3. The highest BCUT2D eigenvalue weighted by Crippen LogP contribution is 2.18. The molecular weight excluding hydrogens is 202 g/mol. The van der Waals surface area contributed by atoms with E-state index in [2.05, 4.69) is 43.3 Å². The van der Waals surface area contributed by atoms with E-state index in [-0.39, 0.29) is 11.6 Å². The Bertz CT molecular complexity index is 329. The number of hydrogen-bond donors (Lipinski definition) is 2. The SMILES string of the molecule is CN(C)C(C)(C)C(Cc1nccn1C)NN. The predicted molar refractivity (Wildman–Crippen MR) is 65.8 cm³/mol. The van der Waals surface area contributed by atoms with Crippen LogP contribution in [0.25, 0.3) is 0 Å². The van der Waals surface area contributed by atoms with Crippen LogP contribution in [-0.2, 0) is 13.5 Å². The van der Waals surface area contributed by atoms with Gasteiger partial charge in [-0.1, -0.05) is 0 Å². The van der Waals surface area contributed by atoms with E-state index >= 15 is 0 Å². The largest absolute Gasteiger partial charge is 0.338 e. The Morgan fingerprint density at radius 1 is 1.56 bits per heavy atom. The van der Waals surface area contributed by atoms with Crippen molar-refractivity contribution in [1.29, 1.82) is 0 Å². The third-order valence-electron chi connectivity index (χ3n) is 3.51. The van der Waals surface area contributed by atoms with Crippen LogP contribution in [-0.4, -0.2) is 40.1 Å². The van der Waals surface area contributed by atoms with Crippen LogP contribution in [0.5, 0.6) is 0 Å². The van der Waals surface area contributed by atoms with Gasteiger partial charge in [-0.3, -0.25) is 11.3 Å². The Morgan fingerprint density at radius 3 is 2.56 bits per heavy atom. The number of nitrogens with one attached hydrogen (secondary N) is 1. The minimum absolute atomic E-state index is 0.0271. The molecule has 1 atom stereocenters. The molecule has 0 aliphatic rings. The van der Waals surface area contributed by atoms with Gasteiger partial charge < -0.3 is 9.47 Å². The van der Waals surface area contributed by atoms with Crippen LogP contribution < -0.4 is 11.3 Å². The summed E-state index contributed by atoms with van der Waals surface area (Å²) >= 11 is 0. The molecule has 1 unspecified atom stereocenters. The molecule has 0 aliphatic carbocycles. The Kier molecular flexibility index (Phi) is 4.07. The van der Waals surface area contributed by atoms with Crippen molar-refractivity contribution in [3.05, 3.63) is 18.2 Å². The molecule has 92 valence electrons. The fourth-order valence-electron chi connectivity index (χ4n) is 1.60. The monoisotopic (exact) mass is 225 g/mol. The third kappa shape index (κ3) is 2.61. The second-order valence-electron chi connectivity index (χ2n) is 4.93. The Labute approximate surface area is 97.6 Å². The second-order valence-corrected chi connectivity index (χ2v) is 4.93. The van der Waals surface area contributed by atoms with E-state index in [1.54, 1.807) is 0 Å². The van der Waals surface area contributed by atoms with E-state index in [4.69, 9.17) is 5.84 Å². The highest BCUT2D eigenvalue weighted by molar-refractivity contribution is 5.00. The first-order valence-corrected chi connectivity index (χ1v) is 5.49. The lowest BCUT2D eigenvalue weighted by Crippen LogP contribution is -2.58. The van der Waals surface area contributed by atoms with E-state index in [0.29, 0.717) is 0 Å². The summed E-state index contributed by atoms with van der Waals surface area (Å²) in [5.74, 6) is 6.69. The molecule has 5 heteroatoms. The summed E-state index contributed by atoms with van der Waals surface area (Å²) < 4.78 is 2.02. The summed E-state index contributed by atoms with van der Waals surface area (Å²) in [6.07, 6.45) is 4.57. The molecule has 1 heterocycles. The van der Waals surface area contributed by atoms with E-state index < -0.39 is 0 Å². The van der Waals surface area contributed by atoms with E-state index in [9.17, 15) is 0 Å². The average Bonchev–Trinajstić information content (AvgIpc) is 2.60. The molecule has 0 radical (unpaired) electrons. The van der Waals surface area contributed by atoms with Crippen molar-refractivity contribution in [2.75, 3.05) is 14.1 Å². The quantitative estimate of drug-likeness (QED) is 0.552. The van der Waals surface area contributed by atoms with Crippen LogP contribution in [0.3, 0.4) is 0 Å². The summed E-state index contributed by atoms with van der Waals surface area (Å²) in [5.41, 5.74) is 2.87. The zero-order valence-electron chi connectivity index (χ0n) is 10.9. The molecule has 0 spiro atoms. The molecule has 1 rings (SSSR count). The molecule has 0 amide bonds. The lowest BCUT2D eigenvalue weighted by molar-refractivity contribution is 0.136. The maximum absolute atomic E-state index is 5.65. The fourth-order valence-corrected chi connectivity index (χ4v) is 1.60. The zero-order chi connectivity index (χ0) is 12.3. The van der Waals surface area contributed by atoms with Gasteiger partial charge in [0.15, 0.2) is 0 Å². The molecule has 0 fully saturated rings. The number of imidazole rings is 1. The Hall–Kier alpha value is -0.910. The zero-order valence-corrected chi connectivity index (χ0v) is 10.9. The lowest BCUT2D eigenvalue weighted by atomic mass is 9.91. The summed E-state index contributed by atoms with van der Waals surface area (Å²) in [7, 11) is 6.12. The molecule has 1 aromatic rings. The first-order chi connectivity index (χ1) is 7.39. The molecule has 0 aromatic carbocycles. The first-order valence-electron chi connectivity index (χ1n) is 5.49. The van der Waals surface area contributed by atoms with Crippen molar-refractivity contribution < 1.29 is 0 Å². The number of nitrogens with zero attached hydrogens (tertiary/aromatic N) is 3. The van der Waals surface area contributed by atoms with Crippen molar-refractivity contribution in [3.63, 3.8) is 0 Å². The number of nitrogens with two attached hydrogens (primary N) is 1. The van der Waals surface area contributed by atoms with Crippen molar-refractivity contribution >= 4 is 0 Å². The highest BCUT2D eigenvalue weighted by Gasteiger charge is 2.31. The van der Waals surface area contributed by atoms with Gasteiger partial charge in [0.25, 0.3) is 0 Å². The predicted octanol–water partition coefficient (Wildman–Crippen LogP) is 0.135. The maximum Gasteiger partial charge on any atom is 0.110 e. The second kappa shape index (κ2) is 4.95. The number of likely N-dealkylation sites (N-methyl/N-ethyl adjacent to an activating group) is 1. The summed E-state index contributed by atoms with van der Waals surface area (Å²) in [6.45, 7) is 4.33. The topological polar surface area (TPSA) is 59.1 Å². The number of aromatic nitrogens is 2. The molecule has 0 saturated heterocycles. The Morgan fingerprint density at radius 2 is 2.19 bits per heavy atom. The van der Waals surface area contributed by atoms with Gasteiger partial charge in [0, 0.05) is 37.4 Å². The molecule has 5 nitrogen and oxygen atoms in total. The van der Waals surface area contributed by atoms with Gasteiger partial charge >= 0.3 is 0 Å². The van der Waals surface area contributed by atoms with Gasteiger partial charge in [-0.05, 0) is 27.9 Å². The van der Waals surface area contributed by atoms with Crippen LogP contribution in [0.2, 0.25) is 0 Å². The van der Waals surface area contributed by atoms with Crippen LogP contribution in [0.15, 0.2) is 12.4 Å². The number of hydrogen-bond acceptors (Lipinski definition) is 4. The van der Waals surface area contributed by atoms with Crippen molar-refractivity contribution in [2.45, 2.75) is 31.8 Å². The van der Waals surface area contributed by atoms with Gasteiger partial charge in [0.1, 0.15) is 5.82 Å². The molecule has 0 aliphatic heterocycles. The van der Waals surface area contributed by atoms with E-state index in [0.717, 1.165) is 12.2 Å². The molecule has 0 saturated carbocycles. The van der Waals surface area contributed by atoms with Crippen molar-refractivity contribution in [1.82, 2.24) is 19.9 Å². The molecule has 1 aromatic heterocycles. The number of hydrazine groups is 1. The van der Waals surface area contributed by atoms with Gasteiger partial charge in [-0.2, -0.15) is 0 Å². The lowest BCUT2D eigenvalue weighted by Gasteiger charge is -2.39. The smallest absolute Gasteiger partial charge is 0.110 e. The number of rotatable bonds is 5. The van der Waals surface area contributed by atoms with Crippen molar-refractivity contribution in [2.24, 2.45) is 12.9 Å². The van der Waals surface area contributed by atoms with Crippen LogP contribution in [0.4, 0.5) is 0 Å². The van der Waals surface area contributed by atoms with Crippen LogP contribution >= 0.6 is 0 Å². The van der Waals surface area contributed by atoms with E-state index in [1.807, 2.05) is 24.0 Å². The number of aryl methyl sites for hydroxylation is 1. The summed E-state index contributed by atoms with van der Waals surface area (Å²) in [4.78, 5) is 6.49. The summed E-state index contributed by atoms with van der Waals surface area (Å²) in [5, 5.41) is 0. The molecular formula is C11H23N5. The summed E-state index contributed by atoms with van der Waals surface area (Å²) in [6, 6.07) is 0.156. The molecule has 16 heavy (non-hydrogen) atoms. The maximum atomic E-state index is 5.65. The van der Waals surface area contributed by atoms with Gasteiger partial charge in [0.2, 0.25) is 0 Å². The Balaban J connectivity index is 2.81. The average molecular weight is 225 g/mol. The first kappa shape index (κ1) is 13.2. The van der Waals surface area contributed by atoms with Gasteiger partial charge in [-0.15, -0.1) is 0 Å². The van der Waals surface area contributed by atoms with Gasteiger partial charge in [0.05, 0.1) is 0 Å². The third-order valence-corrected chi connectivity index (χ3v) is 3.51. The minimum atomic E-state index is -0.0271. The highest BCUT2D eigenvalue weighted by atomic mass is 15.3. The van der Waals surface area contributed by atoms with Crippen LogP contribution in [0, 0.1) is 0 Å². The normalized spacial score (nSPS) is 14.4. The molecule has 0 bridgehead atoms.